The fourth-order valence-electron chi connectivity index (χ4n) is 1.05. The Bertz CT molecular complexity index is 237. The summed E-state index contributed by atoms with van der Waals surface area (Å²) >= 11 is 1.72. The van der Waals surface area contributed by atoms with Gasteiger partial charge in [-0.3, -0.25) is 11.3 Å². The van der Waals surface area contributed by atoms with Gasteiger partial charge in [0.15, 0.2) is 0 Å². The molecule has 4 heteroatoms. The number of nitrogens with two attached hydrogens (primary N) is 1. The van der Waals surface area contributed by atoms with Crippen LogP contribution in [-0.2, 0) is 4.74 Å². The summed E-state index contributed by atoms with van der Waals surface area (Å²) in [6.07, 6.45) is 0. The van der Waals surface area contributed by atoms with E-state index in [1.165, 1.54) is 10.4 Å². The van der Waals surface area contributed by atoms with Gasteiger partial charge in [-0.25, -0.2) is 0 Å². The van der Waals surface area contributed by atoms with E-state index in [4.69, 9.17) is 10.6 Å². The molecule has 0 amide bonds. The number of methoxy groups -OCH3 is 1. The Morgan fingerprint density at radius 3 is 2.92 bits per heavy atom. The van der Waals surface area contributed by atoms with Gasteiger partial charge >= 0.3 is 0 Å². The highest BCUT2D eigenvalue weighted by Crippen LogP contribution is 2.19. The Balaban J connectivity index is 2.66. The van der Waals surface area contributed by atoms with E-state index in [-0.39, 0.29) is 6.04 Å². The first-order valence-corrected chi connectivity index (χ1v) is 4.66. The standard InChI is InChI=1S/C8H14N2OS/c1-6-3-7(5-12-6)8(10-9)4-11-2/h3,5,8,10H,4,9H2,1-2H3. The number of hydrogen-bond acceptors (Lipinski definition) is 4. The van der Waals surface area contributed by atoms with Crippen molar-refractivity contribution in [1.29, 1.82) is 0 Å². The van der Waals surface area contributed by atoms with Gasteiger partial charge in [-0.15, -0.1) is 11.3 Å². The number of aryl methyl sites for hydroxylation is 1. The second-order valence-electron chi connectivity index (χ2n) is 2.67. The van der Waals surface area contributed by atoms with Gasteiger partial charge in [0.05, 0.1) is 12.6 Å². The fraction of sp³-hybridized carbons (Fsp3) is 0.500. The molecule has 0 bridgehead atoms. The lowest BCUT2D eigenvalue weighted by atomic mass is 10.1. The van der Waals surface area contributed by atoms with Crippen molar-refractivity contribution in [2.24, 2.45) is 5.84 Å². The van der Waals surface area contributed by atoms with E-state index >= 15 is 0 Å². The van der Waals surface area contributed by atoms with Crippen LogP contribution in [0, 0.1) is 6.92 Å². The maximum Gasteiger partial charge on any atom is 0.0701 e. The van der Waals surface area contributed by atoms with Crippen LogP contribution in [0.2, 0.25) is 0 Å². The Morgan fingerprint density at radius 2 is 2.50 bits per heavy atom. The summed E-state index contributed by atoms with van der Waals surface area (Å²) in [5.41, 5.74) is 3.91. The largest absolute Gasteiger partial charge is 0.383 e. The number of thiophene rings is 1. The van der Waals surface area contributed by atoms with Crippen molar-refractivity contribution in [3.63, 3.8) is 0 Å². The van der Waals surface area contributed by atoms with Crippen LogP contribution < -0.4 is 11.3 Å². The number of hydrogen-bond donors (Lipinski definition) is 2. The Hall–Kier alpha value is -0.420. The fourth-order valence-corrected chi connectivity index (χ4v) is 1.81. The van der Waals surface area contributed by atoms with Crippen LogP contribution in [0.25, 0.3) is 0 Å². The maximum atomic E-state index is 5.37. The van der Waals surface area contributed by atoms with Crippen molar-refractivity contribution < 1.29 is 4.74 Å². The molecule has 1 unspecified atom stereocenters. The molecular formula is C8H14N2OS. The molecule has 0 aliphatic rings. The lowest BCUT2D eigenvalue weighted by Crippen LogP contribution is -2.30. The van der Waals surface area contributed by atoms with E-state index in [1.54, 1.807) is 18.4 Å². The summed E-state index contributed by atoms with van der Waals surface area (Å²) in [6, 6.07) is 2.23. The maximum absolute atomic E-state index is 5.37. The molecule has 1 rings (SSSR count). The Labute approximate surface area is 76.5 Å². The molecule has 0 spiro atoms. The van der Waals surface area contributed by atoms with Crippen molar-refractivity contribution >= 4 is 11.3 Å². The smallest absolute Gasteiger partial charge is 0.0701 e. The summed E-state index contributed by atoms with van der Waals surface area (Å²) in [5, 5.41) is 2.10. The van der Waals surface area contributed by atoms with E-state index in [9.17, 15) is 0 Å². The van der Waals surface area contributed by atoms with E-state index < -0.39 is 0 Å². The third kappa shape index (κ3) is 2.28. The monoisotopic (exact) mass is 186 g/mol. The summed E-state index contributed by atoms with van der Waals surface area (Å²) in [6.45, 7) is 2.68. The van der Waals surface area contributed by atoms with Crippen LogP contribution in [0.4, 0.5) is 0 Å². The number of nitrogens with one attached hydrogen (secondary N) is 1. The zero-order valence-electron chi connectivity index (χ0n) is 7.33. The molecule has 0 saturated carbocycles. The summed E-state index contributed by atoms with van der Waals surface area (Å²) in [4.78, 5) is 1.29. The van der Waals surface area contributed by atoms with Gasteiger partial charge in [-0.1, -0.05) is 0 Å². The van der Waals surface area contributed by atoms with Crippen LogP contribution in [0.1, 0.15) is 16.5 Å². The van der Waals surface area contributed by atoms with E-state index in [0.717, 1.165) is 0 Å². The predicted octanol–water partition coefficient (Wildman–Crippen LogP) is 1.21. The molecule has 3 nitrogen and oxygen atoms in total. The zero-order chi connectivity index (χ0) is 8.97. The number of ether oxygens (including phenoxy) is 1. The molecule has 68 valence electrons. The first kappa shape index (κ1) is 9.67. The molecule has 1 aromatic heterocycles. The minimum Gasteiger partial charge on any atom is -0.383 e. The highest BCUT2D eigenvalue weighted by molar-refractivity contribution is 7.10. The minimum atomic E-state index is 0.111. The molecule has 1 aromatic rings. The normalized spacial score (nSPS) is 13.2. The predicted molar refractivity (Wildman–Crippen MR) is 51.0 cm³/mol. The van der Waals surface area contributed by atoms with Gasteiger partial charge in [0.1, 0.15) is 0 Å². The summed E-state index contributed by atoms with van der Waals surface area (Å²) < 4.78 is 5.02. The zero-order valence-corrected chi connectivity index (χ0v) is 8.15. The van der Waals surface area contributed by atoms with Crippen molar-refractivity contribution in [2.45, 2.75) is 13.0 Å². The van der Waals surface area contributed by atoms with E-state index in [0.29, 0.717) is 6.61 Å². The highest BCUT2D eigenvalue weighted by Gasteiger charge is 2.09. The molecule has 1 atom stereocenters. The average molecular weight is 186 g/mol. The Morgan fingerprint density at radius 1 is 1.75 bits per heavy atom. The van der Waals surface area contributed by atoms with Crippen LogP contribution >= 0.6 is 11.3 Å². The van der Waals surface area contributed by atoms with Crippen LogP contribution in [0.3, 0.4) is 0 Å². The second-order valence-corrected chi connectivity index (χ2v) is 3.78. The molecule has 1 heterocycles. The SMILES string of the molecule is COCC(NN)c1csc(C)c1. The molecule has 3 N–H and O–H groups in total. The second kappa shape index (κ2) is 4.57. The average Bonchev–Trinajstić information content (AvgIpc) is 2.47. The van der Waals surface area contributed by atoms with Gasteiger partial charge in [-0.05, 0) is 23.9 Å². The summed E-state index contributed by atoms with van der Waals surface area (Å²) in [5.74, 6) is 5.37. The van der Waals surface area contributed by atoms with Gasteiger partial charge in [0.25, 0.3) is 0 Å². The minimum absolute atomic E-state index is 0.111. The quantitative estimate of drug-likeness (QED) is 0.549. The van der Waals surface area contributed by atoms with Crippen molar-refractivity contribution in [2.75, 3.05) is 13.7 Å². The third-order valence-electron chi connectivity index (χ3n) is 1.69. The van der Waals surface area contributed by atoms with Gasteiger partial charge in [0, 0.05) is 12.0 Å². The van der Waals surface area contributed by atoms with Crippen molar-refractivity contribution in [1.82, 2.24) is 5.43 Å². The number of hydrazine groups is 1. The van der Waals surface area contributed by atoms with Gasteiger partial charge < -0.3 is 4.74 Å². The van der Waals surface area contributed by atoms with E-state index in [1.807, 2.05) is 0 Å². The molecule has 12 heavy (non-hydrogen) atoms. The first-order valence-electron chi connectivity index (χ1n) is 3.78. The first-order chi connectivity index (χ1) is 5.77. The van der Waals surface area contributed by atoms with Crippen LogP contribution in [0.5, 0.6) is 0 Å². The van der Waals surface area contributed by atoms with Crippen molar-refractivity contribution in [3.05, 3.63) is 21.9 Å². The Kier molecular flexibility index (Phi) is 3.68. The van der Waals surface area contributed by atoms with Crippen LogP contribution in [0.15, 0.2) is 11.4 Å². The molecule has 0 fully saturated rings. The molecular weight excluding hydrogens is 172 g/mol. The third-order valence-corrected chi connectivity index (χ3v) is 2.57. The number of rotatable bonds is 4. The molecule has 0 aromatic carbocycles. The highest BCUT2D eigenvalue weighted by atomic mass is 32.1. The van der Waals surface area contributed by atoms with E-state index in [2.05, 4.69) is 23.8 Å². The molecule has 0 aliphatic carbocycles. The summed E-state index contributed by atoms with van der Waals surface area (Å²) in [7, 11) is 1.67. The molecule has 0 radical (unpaired) electrons. The van der Waals surface area contributed by atoms with Gasteiger partial charge in [-0.2, -0.15) is 0 Å². The lowest BCUT2D eigenvalue weighted by molar-refractivity contribution is 0.167. The van der Waals surface area contributed by atoms with Crippen molar-refractivity contribution in [3.8, 4) is 0 Å². The molecule has 0 aliphatic heterocycles. The van der Waals surface area contributed by atoms with Gasteiger partial charge in [0.2, 0.25) is 0 Å². The van der Waals surface area contributed by atoms with Crippen LogP contribution in [-0.4, -0.2) is 13.7 Å². The molecule has 0 saturated heterocycles. The topological polar surface area (TPSA) is 47.3 Å². The lowest BCUT2D eigenvalue weighted by Gasteiger charge is -2.12.